The summed E-state index contributed by atoms with van der Waals surface area (Å²) in [5, 5.41) is 14.2. The molecule has 0 bridgehead atoms. The van der Waals surface area contributed by atoms with Crippen LogP contribution in [0.15, 0.2) is 78.9 Å². The molecule has 2 aliphatic heterocycles. The third-order valence-corrected chi connectivity index (χ3v) is 9.26. The van der Waals surface area contributed by atoms with Crippen LogP contribution < -0.4 is 31.3 Å². The minimum absolute atomic E-state index is 0.00891. The number of nitrogens with one attached hydrogen (secondary N) is 5. The number of amides is 5. The normalized spacial score (nSPS) is 20.9. The number of hydrogen-bond acceptors (Lipinski definition) is 8. The standard InChI is InChI=1S/C41H52N6O7/c1-28(2)22-33-41(52)46-34(24-29-10-4-3-5-11-29)39(50)42-16-9-19-54-36-15-7-6-14-32(36)38(49)45-35(25-37(48)44-33)40(51)43-26-30-12-8-13-31(23-30)27-47-17-20-53-21-18-47/h3-8,10-15,23,28,33-35H,9,16-22,24-27H2,1-2H3,(H,42,50)(H,43,51)(H,44,48)(H,45,49)(H,46,52)/t33-,34+,35+/m1/s1. The molecule has 3 aromatic carbocycles. The number of hydrogen-bond donors (Lipinski definition) is 5. The Balaban J connectivity index is 1.36. The smallest absolute Gasteiger partial charge is 0.255 e. The van der Waals surface area contributed by atoms with Gasteiger partial charge in [0, 0.05) is 39.1 Å². The quantitative estimate of drug-likeness (QED) is 0.223. The van der Waals surface area contributed by atoms with E-state index >= 15 is 0 Å². The summed E-state index contributed by atoms with van der Waals surface area (Å²) >= 11 is 0. The maximum absolute atomic E-state index is 13.8. The zero-order valence-electron chi connectivity index (χ0n) is 31.1. The second kappa shape index (κ2) is 20.3. The van der Waals surface area contributed by atoms with Crippen molar-refractivity contribution in [3.05, 3.63) is 101 Å². The summed E-state index contributed by atoms with van der Waals surface area (Å²) in [7, 11) is 0. The van der Waals surface area contributed by atoms with Gasteiger partial charge in [-0.25, -0.2) is 0 Å². The number of nitrogens with zero attached hydrogens (tertiary/aromatic N) is 1. The third-order valence-electron chi connectivity index (χ3n) is 9.26. The van der Waals surface area contributed by atoms with Crippen molar-refractivity contribution < 1.29 is 33.4 Å². The summed E-state index contributed by atoms with van der Waals surface area (Å²) in [5.41, 5.74) is 3.02. The van der Waals surface area contributed by atoms with Gasteiger partial charge >= 0.3 is 0 Å². The van der Waals surface area contributed by atoms with E-state index in [0.29, 0.717) is 25.4 Å². The third kappa shape index (κ3) is 12.4. The van der Waals surface area contributed by atoms with Gasteiger partial charge < -0.3 is 36.1 Å². The highest BCUT2D eigenvalue weighted by Gasteiger charge is 2.31. The van der Waals surface area contributed by atoms with Crippen LogP contribution in [0.2, 0.25) is 0 Å². The predicted octanol–water partition coefficient (Wildman–Crippen LogP) is 2.48. The molecular weight excluding hydrogens is 688 g/mol. The molecule has 0 radical (unpaired) electrons. The summed E-state index contributed by atoms with van der Waals surface area (Å²) in [6.07, 6.45) is 0.521. The van der Waals surface area contributed by atoms with Gasteiger partial charge in [-0.1, -0.05) is 80.6 Å². The predicted molar refractivity (Wildman–Crippen MR) is 203 cm³/mol. The molecule has 54 heavy (non-hydrogen) atoms. The van der Waals surface area contributed by atoms with Crippen molar-refractivity contribution in [3.8, 4) is 5.75 Å². The Labute approximate surface area is 316 Å². The molecule has 0 aromatic heterocycles. The van der Waals surface area contributed by atoms with Crippen LogP contribution in [-0.4, -0.2) is 92.0 Å². The number of rotatable bonds is 9. The summed E-state index contributed by atoms with van der Waals surface area (Å²) < 4.78 is 11.4. The van der Waals surface area contributed by atoms with E-state index in [1.807, 2.05) is 68.4 Å². The van der Waals surface area contributed by atoms with Gasteiger partial charge in [-0.05, 0) is 47.6 Å². The lowest BCUT2D eigenvalue weighted by Crippen LogP contribution is -2.56. The minimum atomic E-state index is -1.28. The van der Waals surface area contributed by atoms with Gasteiger partial charge in [-0.2, -0.15) is 0 Å². The monoisotopic (exact) mass is 740 g/mol. The first-order chi connectivity index (χ1) is 26.1. The molecule has 0 spiro atoms. The van der Waals surface area contributed by atoms with Crippen molar-refractivity contribution in [2.45, 2.75) is 70.7 Å². The Morgan fingerprint density at radius 3 is 2.31 bits per heavy atom. The molecule has 1 fully saturated rings. The maximum atomic E-state index is 13.8. The van der Waals surface area contributed by atoms with Crippen molar-refractivity contribution in [3.63, 3.8) is 0 Å². The first kappa shape index (κ1) is 39.9. The van der Waals surface area contributed by atoms with E-state index in [9.17, 15) is 24.0 Å². The first-order valence-corrected chi connectivity index (χ1v) is 18.7. The van der Waals surface area contributed by atoms with Crippen LogP contribution in [-0.2, 0) is 43.4 Å². The fourth-order valence-electron chi connectivity index (χ4n) is 6.46. The zero-order valence-corrected chi connectivity index (χ0v) is 31.1. The Kier molecular flexibility index (Phi) is 15.0. The molecule has 2 heterocycles. The van der Waals surface area contributed by atoms with Crippen molar-refractivity contribution >= 4 is 29.5 Å². The minimum Gasteiger partial charge on any atom is -0.493 e. The van der Waals surface area contributed by atoms with Crippen LogP contribution in [0, 0.1) is 5.92 Å². The number of ether oxygens (including phenoxy) is 2. The van der Waals surface area contributed by atoms with Gasteiger partial charge in [0.05, 0.1) is 31.8 Å². The number of benzene rings is 3. The number of morpholine rings is 1. The van der Waals surface area contributed by atoms with Gasteiger partial charge in [-0.3, -0.25) is 28.9 Å². The molecule has 5 N–H and O–H groups in total. The van der Waals surface area contributed by atoms with Crippen molar-refractivity contribution in [1.82, 2.24) is 31.5 Å². The lowest BCUT2D eigenvalue weighted by atomic mass is 10.0. The molecule has 3 atom stereocenters. The summed E-state index contributed by atoms with van der Waals surface area (Å²) in [4.78, 5) is 70.7. The molecule has 5 rings (SSSR count). The molecule has 13 heteroatoms. The molecule has 5 amide bonds. The largest absolute Gasteiger partial charge is 0.493 e. The van der Waals surface area contributed by atoms with E-state index < -0.39 is 48.2 Å². The van der Waals surface area contributed by atoms with Gasteiger partial charge in [0.1, 0.15) is 23.9 Å². The SMILES string of the molecule is CC(C)C[C@H]1NC(=O)C[C@@H](C(=O)NCc2cccc(CN3CCOCC3)c2)NC(=O)c2ccccc2OCCCNC(=O)[C@H](Cc2ccccc2)NC1=O. The number of para-hydroxylation sites is 1. The Hall–Kier alpha value is -5.27. The Morgan fingerprint density at radius 1 is 0.815 bits per heavy atom. The second-order valence-corrected chi connectivity index (χ2v) is 14.1. The highest BCUT2D eigenvalue weighted by molar-refractivity contribution is 6.01. The average Bonchev–Trinajstić information content (AvgIpc) is 3.16. The Bertz CT molecular complexity index is 1730. The van der Waals surface area contributed by atoms with Crippen LogP contribution in [0.3, 0.4) is 0 Å². The molecule has 0 saturated carbocycles. The van der Waals surface area contributed by atoms with E-state index in [1.165, 1.54) is 0 Å². The van der Waals surface area contributed by atoms with Gasteiger partial charge in [-0.15, -0.1) is 0 Å². The van der Waals surface area contributed by atoms with Gasteiger partial charge in [0.15, 0.2) is 0 Å². The summed E-state index contributed by atoms with van der Waals surface area (Å²) in [5.74, 6) is -2.35. The van der Waals surface area contributed by atoms with E-state index in [0.717, 1.165) is 36.3 Å². The van der Waals surface area contributed by atoms with Crippen LogP contribution >= 0.6 is 0 Å². The van der Waals surface area contributed by atoms with Crippen molar-refractivity contribution in [1.29, 1.82) is 0 Å². The van der Waals surface area contributed by atoms with Gasteiger partial charge in [0.25, 0.3) is 5.91 Å². The average molecular weight is 741 g/mol. The molecule has 0 unspecified atom stereocenters. The zero-order chi connectivity index (χ0) is 38.3. The number of fused-ring (bicyclic) bond motifs is 1. The highest BCUT2D eigenvalue weighted by Crippen LogP contribution is 2.19. The van der Waals surface area contributed by atoms with Crippen LogP contribution in [0.5, 0.6) is 5.75 Å². The molecule has 0 aliphatic carbocycles. The molecule has 13 nitrogen and oxygen atoms in total. The van der Waals surface area contributed by atoms with Crippen LogP contribution in [0.1, 0.15) is 60.2 Å². The van der Waals surface area contributed by atoms with E-state index in [1.54, 1.807) is 24.3 Å². The Morgan fingerprint density at radius 2 is 1.54 bits per heavy atom. The topological polar surface area (TPSA) is 167 Å². The fourth-order valence-corrected chi connectivity index (χ4v) is 6.46. The maximum Gasteiger partial charge on any atom is 0.255 e. The lowest BCUT2D eigenvalue weighted by Gasteiger charge is -2.26. The number of carbonyl (C=O) groups is 5. The second-order valence-electron chi connectivity index (χ2n) is 14.1. The summed E-state index contributed by atoms with van der Waals surface area (Å²) in [6.45, 7) is 8.32. The highest BCUT2D eigenvalue weighted by atomic mass is 16.5. The lowest BCUT2D eigenvalue weighted by molar-refractivity contribution is -0.133. The fraction of sp³-hybridized carbons (Fsp3) is 0.439. The molecule has 1 saturated heterocycles. The van der Waals surface area contributed by atoms with Crippen molar-refractivity contribution in [2.24, 2.45) is 5.92 Å². The van der Waals surface area contributed by atoms with E-state index in [-0.39, 0.29) is 49.9 Å². The van der Waals surface area contributed by atoms with E-state index in [4.69, 9.17) is 9.47 Å². The van der Waals surface area contributed by atoms with Gasteiger partial charge in [0.2, 0.25) is 23.6 Å². The number of carbonyl (C=O) groups excluding carboxylic acids is 5. The summed E-state index contributed by atoms with van der Waals surface area (Å²) in [6, 6.07) is 20.7. The molecule has 3 aromatic rings. The molecular formula is C41H52N6O7. The molecule has 2 aliphatic rings. The molecule has 288 valence electrons. The van der Waals surface area contributed by atoms with Crippen LogP contribution in [0.25, 0.3) is 0 Å². The first-order valence-electron chi connectivity index (χ1n) is 18.7. The van der Waals surface area contributed by atoms with Crippen molar-refractivity contribution in [2.75, 3.05) is 39.5 Å². The van der Waals surface area contributed by atoms with E-state index in [2.05, 4.69) is 31.5 Å². The van der Waals surface area contributed by atoms with Crippen LogP contribution in [0.4, 0.5) is 0 Å².